The van der Waals surface area contributed by atoms with Gasteiger partial charge in [-0.3, -0.25) is 0 Å². The number of benzene rings is 1. The number of hydrogen-bond donors (Lipinski definition) is 0. The lowest BCUT2D eigenvalue weighted by molar-refractivity contribution is 0.606. The van der Waals surface area contributed by atoms with Crippen molar-refractivity contribution in [3.63, 3.8) is 0 Å². The Morgan fingerprint density at radius 3 is 2.69 bits per heavy atom. The van der Waals surface area contributed by atoms with Gasteiger partial charge in [-0.2, -0.15) is 0 Å². The summed E-state index contributed by atoms with van der Waals surface area (Å²) in [5.74, 6) is -1.24. The molecule has 0 aliphatic heterocycles. The largest absolute Gasteiger partial charge is 0.223 e. The van der Waals surface area contributed by atoms with E-state index in [-0.39, 0.29) is 16.5 Å². The van der Waals surface area contributed by atoms with E-state index >= 15 is 0 Å². The molecular weight excluding hydrogens is 234 g/mol. The lowest BCUT2D eigenvalue weighted by Gasteiger charge is -2.05. The van der Waals surface area contributed by atoms with Crippen LogP contribution in [0.4, 0.5) is 8.78 Å². The van der Waals surface area contributed by atoms with Crippen LogP contribution in [0.15, 0.2) is 24.4 Å². The van der Waals surface area contributed by atoms with Gasteiger partial charge in [0, 0.05) is 5.56 Å². The first kappa shape index (κ1) is 11.0. The van der Waals surface area contributed by atoms with Crippen molar-refractivity contribution in [1.82, 2.24) is 9.97 Å². The first-order chi connectivity index (χ1) is 7.58. The van der Waals surface area contributed by atoms with Crippen molar-refractivity contribution in [2.45, 2.75) is 6.92 Å². The molecule has 0 saturated carbocycles. The predicted octanol–water partition coefficient (Wildman–Crippen LogP) is 3.38. The standard InChI is InChI=1S/C11H7ClF2N2/c1-6-2-3-8(13)7(4-6)10-9(14)5-15-11(12)16-10/h2-5H,1H3. The minimum Gasteiger partial charge on any atom is -0.223 e. The first-order valence-corrected chi connectivity index (χ1v) is 4.90. The Kier molecular flexibility index (Phi) is 2.83. The van der Waals surface area contributed by atoms with Crippen LogP contribution in [0.2, 0.25) is 5.28 Å². The predicted molar refractivity (Wildman–Crippen MR) is 57.1 cm³/mol. The van der Waals surface area contributed by atoms with Gasteiger partial charge in [0.25, 0.3) is 0 Å². The minimum atomic E-state index is -0.700. The molecule has 2 aromatic rings. The highest BCUT2D eigenvalue weighted by Crippen LogP contribution is 2.25. The van der Waals surface area contributed by atoms with Crippen LogP contribution in [0, 0.1) is 18.6 Å². The fourth-order valence-electron chi connectivity index (χ4n) is 1.36. The summed E-state index contributed by atoms with van der Waals surface area (Å²) in [4.78, 5) is 7.16. The van der Waals surface area contributed by atoms with Gasteiger partial charge in [0.05, 0.1) is 6.20 Å². The summed E-state index contributed by atoms with van der Waals surface area (Å²) < 4.78 is 26.9. The van der Waals surface area contributed by atoms with Crippen LogP contribution in [-0.4, -0.2) is 9.97 Å². The van der Waals surface area contributed by atoms with Crippen molar-refractivity contribution in [3.8, 4) is 11.3 Å². The SMILES string of the molecule is Cc1ccc(F)c(-c2nc(Cl)ncc2F)c1. The van der Waals surface area contributed by atoms with Crippen LogP contribution >= 0.6 is 11.6 Å². The second kappa shape index (κ2) is 4.14. The Morgan fingerprint density at radius 2 is 1.94 bits per heavy atom. The molecule has 5 heteroatoms. The summed E-state index contributed by atoms with van der Waals surface area (Å²) in [6.45, 7) is 1.78. The van der Waals surface area contributed by atoms with Crippen LogP contribution in [0.5, 0.6) is 0 Å². The fraction of sp³-hybridized carbons (Fsp3) is 0.0909. The molecule has 2 nitrogen and oxygen atoms in total. The van der Waals surface area contributed by atoms with Gasteiger partial charge >= 0.3 is 0 Å². The summed E-state index contributed by atoms with van der Waals surface area (Å²) in [6, 6.07) is 4.37. The molecule has 0 bridgehead atoms. The van der Waals surface area contributed by atoms with Gasteiger partial charge in [0.2, 0.25) is 5.28 Å². The zero-order chi connectivity index (χ0) is 11.7. The van der Waals surface area contributed by atoms with Gasteiger partial charge in [-0.25, -0.2) is 18.7 Å². The molecule has 0 fully saturated rings. The first-order valence-electron chi connectivity index (χ1n) is 4.52. The molecule has 0 aliphatic carbocycles. The number of aryl methyl sites for hydroxylation is 1. The van der Waals surface area contributed by atoms with E-state index in [2.05, 4.69) is 9.97 Å². The molecule has 0 atom stereocenters. The van der Waals surface area contributed by atoms with Gasteiger partial charge in [0.1, 0.15) is 11.5 Å². The van der Waals surface area contributed by atoms with Crippen molar-refractivity contribution in [1.29, 1.82) is 0 Å². The zero-order valence-electron chi connectivity index (χ0n) is 8.34. The highest BCUT2D eigenvalue weighted by atomic mass is 35.5. The Hall–Kier alpha value is -1.55. The van der Waals surface area contributed by atoms with E-state index in [1.54, 1.807) is 13.0 Å². The summed E-state index contributed by atoms with van der Waals surface area (Å²) in [7, 11) is 0. The molecule has 0 aliphatic rings. The summed E-state index contributed by atoms with van der Waals surface area (Å²) >= 11 is 5.55. The molecule has 1 aromatic heterocycles. The summed E-state index contributed by atoms with van der Waals surface area (Å²) in [5.41, 5.74) is 0.772. The quantitative estimate of drug-likeness (QED) is 0.714. The van der Waals surface area contributed by atoms with Gasteiger partial charge in [-0.05, 0) is 30.7 Å². The average molecular weight is 241 g/mol. The molecule has 0 saturated heterocycles. The maximum absolute atomic E-state index is 13.5. The third-order valence-corrected chi connectivity index (χ3v) is 2.27. The third kappa shape index (κ3) is 2.02. The van der Waals surface area contributed by atoms with Gasteiger partial charge in [0.15, 0.2) is 5.82 Å². The van der Waals surface area contributed by atoms with Crippen LogP contribution in [-0.2, 0) is 0 Å². The average Bonchev–Trinajstić information content (AvgIpc) is 2.25. The number of hydrogen-bond acceptors (Lipinski definition) is 2. The van der Waals surface area contributed by atoms with Crippen molar-refractivity contribution in [2.75, 3.05) is 0 Å². The second-order valence-electron chi connectivity index (χ2n) is 3.32. The Labute approximate surface area is 95.9 Å². The van der Waals surface area contributed by atoms with Crippen molar-refractivity contribution in [3.05, 3.63) is 46.9 Å². The van der Waals surface area contributed by atoms with Crippen LogP contribution in [0.3, 0.4) is 0 Å². The molecule has 0 unspecified atom stereocenters. The van der Waals surface area contributed by atoms with Crippen molar-refractivity contribution < 1.29 is 8.78 Å². The maximum atomic E-state index is 13.5. The van der Waals surface area contributed by atoms with Gasteiger partial charge < -0.3 is 0 Å². The van der Waals surface area contributed by atoms with E-state index < -0.39 is 11.6 Å². The third-order valence-electron chi connectivity index (χ3n) is 2.09. The lowest BCUT2D eigenvalue weighted by Crippen LogP contribution is -1.95. The highest BCUT2D eigenvalue weighted by molar-refractivity contribution is 6.28. The Balaban J connectivity index is 2.66. The van der Waals surface area contributed by atoms with Crippen LogP contribution in [0.1, 0.15) is 5.56 Å². The van der Waals surface area contributed by atoms with Gasteiger partial charge in [-0.15, -0.1) is 0 Å². The van der Waals surface area contributed by atoms with E-state index in [0.29, 0.717) is 0 Å². The molecule has 0 radical (unpaired) electrons. The molecule has 82 valence electrons. The zero-order valence-corrected chi connectivity index (χ0v) is 9.09. The van der Waals surface area contributed by atoms with Crippen LogP contribution in [0.25, 0.3) is 11.3 Å². The van der Waals surface area contributed by atoms with E-state index in [1.165, 1.54) is 12.1 Å². The molecule has 0 amide bonds. The van der Waals surface area contributed by atoms with Gasteiger partial charge in [-0.1, -0.05) is 11.6 Å². The topological polar surface area (TPSA) is 25.8 Å². The number of rotatable bonds is 1. The minimum absolute atomic E-state index is 0.0850. The summed E-state index contributed by atoms with van der Waals surface area (Å²) in [6.07, 6.45) is 0.923. The van der Waals surface area contributed by atoms with E-state index in [1.807, 2.05) is 0 Å². The normalized spacial score (nSPS) is 10.5. The Bertz CT molecular complexity index is 494. The molecular formula is C11H7ClF2N2. The number of nitrogens with zero attached hydrogens (tertiary/aromatic N) is 2. The molecule has 0 N–H and O–H groups in total. The van der Waals surface area contributed by atoms with Crippen LogP contribution < -0.4 is 0 Å². The van der Waals surface area contributed by atoms with E-state index in [9.17, 15) is 8.78 Å². The molecule has 0 spiro atoms. The summed E-state index contributed by atoms with van der Waals surface area (Å²) in [5, 5.41) is -0.114. The maximum Gasteiger partial charge on any atom is 0.223 e. The number of aromatic nitrogens is 2. The lowest BCUT2D eigenvalue weighted by atomic mass is 10.1. The molecule has 2 rings (SSSR count). The smallest absolute Gasteiger partial charge is 0.223 e. The fourth-order valence-corrected chi connectivity index (χ4v) is 1.49. The highest BCUT2D eigenvalue weighted by Gasteiger charge is 2.13. The van der Waals surface area contributed by atoms with E-state index in [0.717, 1.165) is 11.8 Å². The second-order valence-corrected chi connectivity index (χ2v) is 3.66. The van der Waals surface area contributed by atoms with E-state index in [4.69, 9.17) is 11.6 Å². The monoisotopic (exact) mass is 240 g/mol. The molecule has 1 heterocycles. The number of halogens is 3. The molecule has 16 heavy (non-hydrogen) atoms. The van der Waals surface area contributed by atoms with Crippen molar-refractivity contribution >= 4 is 11.6 Å². The van der Waals surface area contributed by atoms with Crippen molar-refractivity contribution in [2.24, 2.45) is 0 Å². The molecule has 1 aromatic carbocycles. The Morgan fingerprint density at radius 1 is 1.19 bits per heavy atom.